The van der Waals surface area contributed by atoms with Gasteiger partial charge in [-0.3, -0.25) is 4.79 Å². The van der Waals surface area contributed by atoms with Crippen molar-refractivity contribution in [1.82, 2.24) is 20.2 Å². The Bertz CT molecular complexity index is 770. The van der Waals surface area contributed by atoms with Crippen LogP contribution in [0.15, 0.2) is 54.6 Å². The number of carbonyl (C=O) groups excluding carboxylic acids is 1. The zero-order chi connectivity index (χ0) is 14.7. The lowest BCUT2D eigenvalue weighted by Crippen LogP contribution is -2.13. The highest BCUT2D eigenvalue weighted by atomic mass is 35.5. The van der Waals surface area contributed by atoms with Crippen LogP contribution < -0.4 is 0 Å². The maximum atomic E-state index is 12.1. The molecule has 0 saturated carbocycles. The number of ketones is 1. The van der Waals surface area contributed by atoms with Crippen molar-refractivity contribution < 1.29 is 4.79 Å². The molecule has 104 valence electrons. The van der Waals surface area contributed by atoms with E-state index in [2.05, 4.69) is 15.4 Å². The summed E-state index contributed by atoms with van der Waals surface area (Å²) in [5.74, 6) is 0.379. The van der Waals surface area contributed by atoms with E-state index in [9.17, 15) is 4.79 Å². The predicted molar refractivity (Wildman–Crippen MR) is 79.0 cm³/mol. The highest BCUT2D eigenvalue weighted by Crippen LogP contribution is 2.13. The normalized spacial score (nSPS) is 10.5. The van der Waals surface area contributed by atoms with Gasteiger partial charge in [0.15, 0.2) is 5.78 Å². The fraction of sp³-hybridized carbons (Fsp3) is 0.0667. The van der Waals surface area contributed by atoms with Gasteiger partial charge in [0.05, 0.1) is 0 Å². The number of benzene rings is 2. The zero-order valence-corrected chi connectivity index (χ0v) is 11.7. The van der Waals surface area contributed by atoms with E-state index in [1.165, 1.54) is 4.80 Å². The van der Waals surface area contributed by atoms with Crippen LogP contribution in [0.25, 0.3) is 11.4 Å². The van der Waals surface area contributed by atoms with Gasteiger partial charge < -0.3 is 0 Å². The molecule has 2 aromatic carbocycles. The molecule has 0 fully saturated rings. The van der Waals surface area contributed by atoms with Crippen LogP contribution in [0.3, 0.4) is 0 Å². The van der Waals surface area contributed by atoms with Crippen molar-refractivity contribution in [2.75, 3.05) is 0 Å². The van der Waals surface area contributed by atoms with Crippen molar-refractivity contribution in [1.29, 1.82) is 0 Å². The SMILES string of the molecule is O=C(Cn1nnc(-c2ccccc2)n1)c1cccc(Cl)c1. The molecule has 0 N–H and O–H groups in total. The Labute approximate surface area is 126 Å². The van der Waals surface area contributed by atoms with Crippen LogP contribution in [-0.2, 0) is 6.54 Å². The molecule has 0 saturated heterocycles. The summed E-state index contributed by atoms with van der Waals surface area (Å²) in [5.41, 5.74) is 1.39. The summed E-state index contributed by atoms with van der Waals surface area (Å²) in [6, 6.07) is 16.3. The van der Waals surface area contributed by atoms with Gasteiger partial charge in [-0.25, -0.2) is 0 Å². The molecule has 3 rings (SSSR count). The number of Topliss-reactive ketones (excluding diaryl/α,β-unsaturated/α-hetero) is 1. The number of halogens is 1. The zero-order valence-electron chi connectivity index (χ0n) is 11.0. The number of aromatic nitrogens is 4. The molecule has 21 heavy (non-hydrogen) atoms. The van der Waals surface area contributed by atoms with E-state index in [0.717, 1.165) is 5.56 Å². The van der Waals surface area contributed by atoms with Crippen LogP contribution >= 0.6 is 11.6 Å². The monoisotopic (exact) mass is 298 g/mol. The molecule has 0 atom stereocenters. The first-order valence-electron chi connectivity index (χ1n) is 6.34. The number of carbonyl (C=O) groups is 1. The largest absolute Gasteiger partial charge is 0.292 e. The van der Waals surface area contributed by atoms with Gasteiger partial charge in [0.1, 0.15) is 6.54 Å². The summed E-state index contributed by atoms with van der Waals surface area (Å²) >= 11 is 5.87. The lowest BCUT2D eigenvalue weighted by atomic mass is 10.1. The fourth-order valence-electron chi connectivity index (χ4n) is 1.89. The summed E-state index contributed by atoms with van der Waals surface area (Å²) in [4.78, 5) is 13.4. The minimum absolute atomic E-state index is 0.0280. The Morgan fingerprint density at radius 2 is 1.90 bits per heavy atom. The fourth-order valence-corrected chi connectivity index (χ4v) is 2.08. The van der Waals surface area contributed by atoms with Crippen molar-refractivity contribution in [3.63, 3.8) is 0 Å². The minimum Gasteiger partial charge on any atom is -0.292 e. The summed E-state index contributed by atoms with van der Waals surface area (Å²) in [7, 11) is 0. The lowest BCUT2D eigenvalue weighted by molar-refractivity contribution is 0.0961. The summed E-state index contributed by atoms with van der Waals surface area (Å²) in [6.07, 6.45) is 0. The first-order chi connectivity index (χ1) is 10.2. The molecular weight excluding hydrogens is 288 g/mol. The second kappa shape index (κ2) is 5.85. The van der Waals surface area contributed by atoms with Crippen molar-refractivity contribution in [3.8, 4) is 11.4 Å². The van der Waals surface area contributed by atoms with E-state index in [0.29, 0.717) is 16.4 Å². The van der Waals surface area contributed by atoms with Gasteiger partial charge in [0, 0.05) is 16.1 Å². The molecule has 0 spiro atoms. The van der Waals surface area contributed by atoms with E-state index < -0.39 is 0 Å². The molecule has 0 aliphatic rings. The molecule has 5 nitrogen and oxygen atoms in total. The molecule has 0 aliphatic carbocycles. The van der Waals surface area contributed by atoms with E-state index in [1.807, 2.05) is 30.3 Å². The Kier molecular flexibility index (Phi) is 3.75. The Balaban J connectivity index is 1.77. The third-order valence-corrected chi connectivity index (χ3v) is 3.15. The molecule has 0 unspecified atom stereocenters. The number of rotatable bonds is 4. The summed E-state index contributed by atoms with van der Waals surface area (Å²) < 4.78 is 0. The highest BCUT2D eigenvalue weighted by Gasteiger charge is 2.11. The molecule has 6 heteroatoms. The minimum atomic E-state index is -0.116. The highest BCUT2D eigenvalue weighted by molar-refractivity contribution is 6.31. The van der Waals surface area contributed by atoms with Gasteiger partial charge in [0.2, 0.25) is 5.82 Å². The maximum Gasteiger partial charge on any atom is 0.204 e. The summed E-state index contributed by atoms with van der Waals surface area (Å²) in [6.45, 7) is 0.0280. The van der Waals surface area contributed by atoms with Crippen molar-refractivity contribution in [2.24, 2.45) is 0 Å². The van der Waals surface area contributed by atoms with E-state index in [1.54, 1.807) is 24.3 Å². The molecule has 3 aromatic rings. The average Bonchev–Trinajstić information content (AvgIpc) is 2.97. The molecule has 0 amide bonds. The van der Waals surface area contributed by atoms with Crippen molar-refractivity contribution >= 4 is 17.4 Å². The van der Waals surface area contributed by atoms with Gasteiger partial charge in [-0.15, -0.1) is 10.2 Å². The van der Waals surface area contributed by atoms with Crippen LogP contribution in [0.4, 0.5) is 0 Å². The molecular formula is C15H11ClN4O. The van der Waals surface area contributed by atoms with Gasteiger partial charge in [0.25, 0.3) is 0 Å². The molecule has 0 bridgehead atoms. The van der Waals surface area contributed by atoms with Crippen LogP contribution in [0.5, 0.6) is 0 Å². The standard InChI is InChI=1S/C15H11ClN4O/c16-13-8-4-7-12(9-13)14(21)10-20-18-15(17-19-20)11-5-2-1-3-6-11/h1-9H,10H2. The molecule has 0 aliphatic heterocycles. The van der Waals surface area contributed by atoms with E-state index in [4.69, 9.17) is 11.6 Å². The van der Waals surface area contributed by atoms with E-state index in [-0.39, 0.29) is 12.3 Å². The average molecular weight is 299 g/mol. The quantitative estimate of drug-likeness (QED) is 0.695. The smallest absolute Gasteiger partial charge is 0.204 e. The Morgan fingerprint density at radius 1 is 1.10 bits per heavy atom. The second-order valence-corrected chi connectivity index (χ2v) is 4.88. The Hall–Kier alpha value is -2.53. The maximum absolute atomic E-state index is 12.1. The summed E-state index contributed by atoms with van der Waals surface area (Å²) in [5, 5.41) is 12.6. The number of tetrazole rings is 1. The van der Waals surface area contributed by atoms with Crippen molar-refractivity contribution in [3.05, 3.63) is 65.2 Å². The van der Waals surface area contributed by atoms with Gasteiger partial charge in [-0.1, -0.05) is 54.1 Å². The third-order valence-electron chi connectivity index (χ3n) is 2.92. The molecule has 0 radical (unpaired) electrons. The second-order valence-electron chi connectivity index (χ2n) is 4.44. The number of hydrogen-bond acceptors (Lipinski definition) is 4. The predicted octanol–water partition coefficient (Wildman–Crippen LogP) is 2.88. The molecule has 1 heterocycles. The topological polar surface area (TPSA) is 60.7 Å². The molecule has 1 aromatic heterocycles. The third kappa shape index (κ3) is 3.14. The van der Waals surface area contributed by atoms with Crippen LogP contribution in [0.2, 0.25) is 5.02 Å². The van der Waals surface area contributed by atoms with Crippen LogP contribution in [0.1, 0.15) is 10.4 Å². The van der Waals surface area contributed by atoms with E-state index >= 15 is 0 Å². The Morgan fingerprint density at radius 3 is 2.67 bits per heavy atom. The lowest BCUT2D eigenvalue weighted by Gasteiger charge is -2.00. The van der Waals surface area contributed by atoms with Gasteiger partial charge in [-0.2, -0.15) is 4.80 Å². The van der Waals surface area contributed by atoms with Crippen molar-refractivity contribution in [2.45, 2.75) is 6.54 Å². The van der Waals surface area contributed by atoms with Gasteiger partial charge >= 0.3 is 0 Å². The van der Waals surface area contributed by atoms with Crippen LogP contribution in [0, 0.1) is 0 Å². The number of hydrogen-bond donors (Lipinski definition) is 0. The first kappa shape index (κ1) is 13.5. The van der Waals surface area contributed by atoms with Gasteiger partial charge in [-0.05, 0) is 17.3 Å². The number of nitrogens with zero attached hydrogens (tertiary/aromatic N) is 4. The van der Waals surface area contributed by atoms with Crippen LogP contribution in [-0.4, -0.2) is 26.0 Å². The first-order valence-corrected chi connectivity index (χ1v) is 6.72.